The predicted octanol–water partition coefficient (Wildman–Crippen LogP) is 3.74. The second-order valence-corrected chi connectivity index (χ2v) is 5.25. The van der Waals surface area contributed by atoms with Crippen LogP contribution in [0.4, 0.5) is 5.69 Å². The van der Waals surface area contributed by atoms with Crippen molar-refractivity contribution >= 4 is 17.4 Å². The number of anilines is 1. The monoisotopic (exact) mass is 244 g/mol. The van der Waals surface area contributed by atoms with Gasteiger partial charge in [0.05, 0.1) is 0 Å². The largest absolute Gasteiger partial charge is 0.399 e. The van der Waals surface area contributed by atoms with E-state index in [0.717, 1.165) is 21.3 Å². The molecule has 1 aromatic heterocycles. The Morgan fingerprint density at radius 1 is 1.06 bits per heavy atom. The summed E-state index contributed by atoms with van der Waals surface area (Å²) in [6, 6.07) is 9.99. The first kappa shape index (κ1) is 12.0. The van der Waals surface area contributed by atoms with Gasteiger partial charge in [-0.1, -0.05) is 11.8 Å². The molecule has 0 atom stereocenters. The highest BCUT2D eigenvalue weighted by atomic mass is 32.2. The topological polar surface area (TPSA) is 38.9 Å². The third kappa shape index (κ3) is 2.80. The van der Waals surface area contributed by atoms with E-state index in [1.54, 1.807) is 11.8 Å². The van der Waals surface area contributed by atoms with Crippen molar-refractivity contribution in [1.82, 2.24) is 4.98 Å². The number of benzene rings is 1. The lowest BCUT2D eigenvalue weighted by atomic mass is 10.1. The highest BCUT2D eigenvalue weighted by molar-refractivity contribution is 7.99. The van der Waals surface area contributed by atoms with Gasteiger partial charge in [-0.3, -0.25) is 0 Å². The van der Waals surface area contributed by atoms with Crippen LogP contribution in [0.1, 0.15) is 16.8 Å². The molecule has 2 N–H and O–H groups in total. The number of hydrogen-bond donors (Lipinski definition) is 1. The van der Waals surface area contributed by atoms with Crippen LogP contribution < -0.4 is 5.73 Å². The average molecular weight is 244 g/mol. The number of nitrogen functional groups attached to an aromatic ring is 1. The van der Waals surface area contributed by atoms with Gasteiger partial charge in [0.1, 0.15) is 5.03 Å². The highest BCUT2D eigenvalue weighted by Crippen LogP contribution is 2.28. The van der Waals surface area contributed by atoms with E-state index in [9.17, 15) is 0 Å². The van der Waals surface area contributed by atoms with E-state index in [-0.39, 0.29) is 0 Å². The van der Waals surface area contributed by atoms with E-state index in [1.807, 2.05) is 24.3 Å². The lowest BCUT2D eigenvalue weighted by molar-refractivity contribution is 1.01. The summed E-state index contributed by atoms with van der Waals surface area (Å²) in [5, 5.41) is 1.04. The molecule has 1 heterocycles. The Morgan fingerprint density at radius 3 is 2.29 bits per heavy atom. The fraction of sp³-hybridized carbons (Fsp3) is 0.214. The smallest absolute Gasteiger partial charge is 0.101 e. The molecule has 0 fully saturated rings. The Hall–Kier alpha value is -1.48. The van der Waals surface area contributed by atoms with Gasteiger partial charge in [0.25, 0.3) is 0 Å². The number of pyridine rings is 1. The SMILES string of the molecule is Cc1cc(Sc2ccc(N)cc2)nc(C)c1C. The molecular weight excluding hydrogens is 228 g/mol. The molecule has 2 aromatic rings. The molecule has 0 bridgehead atoms. The van der Waals surface area contributed by atoms with Gasteiger partial charge < -0.3 is 5.73 Å². The summed E-state index contributed by atoms with van der Waals surface area (Å²) in [7, 11) is 0. The number of nitrogens with zero attached hydrogens (tertiary/aromatic N) is 1. The molecule has 0 radical (unpaired) electrons. The second-order valence-electron chi connectivity index (χ2n) is 4.16. The van der Waals surface area contributed by atoms with E-state index < -0.39 is 0 Å². The van der Waals surface area contributed by atoms with Gasteiger partial charge in [0.15, 0.2) is 0 Å². The Balaban J connectivity index is 2.27. The van der Waals surface area contributed by atoms with Crippen molar-refractivity contribution in [1.29, 1.82) is 0 Å². The molecule has 0 saturated heterocycles. The average Bonchev–Trinajstić information content (AvgIpc) is 2.29. The molecule has 17 heavy (non-hydrogen) atoms. The zero-order valence-corrected chi connectivity index (χ0v) is 11.1. The Kier molecular flexibility index (Phi) is 3.38. The molecule has 0 amide bonds. The van der Waals surface area contributed by atoms with Crippen molar-refractivity contribution in [3.63, 3.8) is 0 Å². The van der Waals surface area contributed by atoms with Gasteiger partial charge in [-0.2, -0.15) is 0 Å². The lowest BCUT2D eigenvalue weighted by Gasteiger charge is -2.07. The zero-order valence-electron chi connectivity index (χ0n) is 10.3. The van der Waals surface area contributed by atoms with Crippen LogP contribution in [-0.2, 0) is 0 Å². The van der Waals surface area contributed by atoms with Gasteiger partial charge in [-0.05, 0) is 62.2 Å². The first-order valence-corrected chi connectivity index (χ1v) is 6.36. The summed E-state index contributed by atoms with van der Waals surface area (Å²) in [5.74, 6) is 0. The summed E-state index contributed by atoms with van der Waals surface area (Å²) < 4.78 is 0. The van der Waals surface area contributed by atoms with Gasteiger partial charge in [-0.15, -0.1) is 0 Å². The van der Waals surface area contributed by atoms with E-state index in [1.165, 1.54) is 11.1 Å². The highest BCUT2D eigenvalue weighted by Gasteiger charge is 2.04. The molecule has 0 saturated carbocycles. The minimum Gasteiger partial charge on any atom is -0.399 e. The number of hydrogen-bond acceptors (Lipinski definition) is 3. The summed E-state index contributed by atoms with van der Waals surface area (Å²) >= 11 is 1.67. The minimum atomic E-state index is 0.790. The maximum absolute atomic E-state index is 5.66. The van der Waals surface area contributed by atoms with Crippen molar-refractivity contribution in [3.05, 3.63) is 47.2 Å². The van der Waals surface area contributed by atoms with Crippen LogP contribution in [0.2, 0.25) is 0 Å². The van der Waals surface area contributed by atoms with Crippen LogP contribution in [0, 0.1) is 20.8 Å². The van der Waals surface area contributed by atoms with Crippen molar-refractivity contribution in [3.8, 4) is 0 Å². The van der Waals surface area contributed by atoms with Gasteiger partial charge in [0, 0.05) is 16.3 Å². The van der Waals surface area contributed by atoms with Crippen LogP contribution in [-0.4, -0.2) is 4.98 Å². The summed E-state index contributed by atoms with van der Waals surface area (Å²) in [4.78, 5) is 5.74. The number of rotatable bonds is 2. The molecule has 2 nitrogen and oxygen atoms in total. The van der Waals surface area contributed by atoms with Gasteiger partial charge in [0.2, 0.25) is 0 Å². The molecule has 0 aliphatic rings. The van der Waals surface area contributed by atoms with Crippen LogP contribution >= 0.6 is 11.8 Å². The molecule has 2 rings (SSSR count). The fourth-order valence-corrected chi connectivity index (χ4v) is 2.50. The number of aromatic nitrogens is 1. The maximum Gasteiger partial charge on any atom is 0.101 e. The predicted molar refractivity (Wildman–Crippen MR) is 73.4 cm³/mol. The maximum atomic E-state index is 5.66. The first-order valence-electron chi connectivity index (χ1n) is 5.54. The van der Waals surface area contributed by atoms with E-state index in [0.29, 0.717) is 0 Å². The third-order valence-corrected chi connectivity index (χ3v) is 3.78. The summed E-state index contributed by atoms with van der Waals surface area (Å²) in [5.41, 5.74) is 10.1. The summed E-state index contributed by atoms with van der Waals surface area (Å²) in [6.07, 6.45) is 0. The van der Waals surface area contributed by atoms with Gasteiger partial charge in [-0.25, -0.2) is 4.98 Å². The molecule has 0 aliphatic heterocycles. The fourth-order valence-electron chi connectivity index (χ4n) is 1.57. The standard InChI is InChI=1S/C14H16N2S/c1-9-8-14(16-11(3)10(9)2)17-13-6-4-12(15)5-7-13/h4-8H,15H2,1-3H3. The van der Waals surface area contributed by atoms with Crippen molar-refractivity contribution in [2.24, 2.45) is 0 Å². The number of aryl methyl sites for hydroxylation is 2. The molecule has 0 spiro atoms. The Morgan fingerprint density at radius 2 is 1.71 bits per heavy atom. The van der Waals surface area contributed by atoms with Crippen LogP contribution in [0.15, 0.2) is 40.3 Å². The number of nitrogens with two attached hydrogens (primary N) is 1. The Bertz CT molecular complexity index is 509. The quantitative estimate of drug-likeness (QED) is 0.818. The molecule has 3 heteroatoms. The molecule has 88 valence electrons. The Labute approximate surface area is 106 Å². The molecule has 0 unspecified atom stereocenters. The van der Waals surface area contributed by atoms with E-state index in [2.05, 4.69) is 31.8 Å². The van der Waals surface area contributed by atoms with Crippen molar-refractivity contribution in [2.75, 3.05) is 5.73 Å². The minimum absolute atomic E-state index is 0.790. The summed E-state index contributed by atoms with van der Waals surface area (Å²) in [6.45, 7) is 6.28. The van der Waals surface area contributed by atoms with Crippen LogP contribution in [0.25, 0.3) is 0 Å². The zero-order chi connectivity index (χ0) is 12.4. The molecule has 1 aromatic carbocycles. The second kappa shape index (κ2) is 4.80. The van der Waals surface area contributed by atoms with Crippen molar-refractivity contribution in [2.45, 2.75) is 30.7 Å². The van der Waals surface area contributed by atoms with Crippen LogP contribution in [0.3, 0.4) is 0 Å². The van der Waals surface area contributed by atoms with E-state index in [4.69, 9.17) is 5.73 Å². The van der Waals surface area contributed by atoms with Gasteiger partial charge >= 0.3 is 0 Å². The van der Waals surface area contributed by atoms with E-state index >= 15 is 0 Å². The third-order valence-electron chi connectivity index (χ3n) is 2.85. The molecular formula is C14H16N2S. The first-order chi connectivity index (χ1) is 8.06. The normalized spacial score (nSPS) is 10.5. The van der Waals surface area contributed by atoms with Crippen LogP contribution in [0.5, 0.6) is 0 Å². The molecule has 0 aliphatic carbocycles. The van der Waals surface area contributed by atoms with Crippen molar-refractivity contribution < 1.29 is 0 Å². The lowest BCUT2D eigenvalue weighted by Crippen LogP contribution is -1.92.